The average Bonchev–Trinajstić information content (AvgIpc) is 3.15. The molecule has 8 nitrogen and oxygen atoms in total. The molecule has 2 aromatic heterocycles. The van der Waals surface area contributed by atoms with Gasteiger partial charge in [0.1, 0.15) is 0 Å². The zero-order valence-corrected chi connectivity index (χ0v) is 15.5. The Labute approximate surface area is 157 Å². The maximum atomic E-state index is 13.0. The SMILES string of the molecule is O=S(=O)(c1ccc(-n2cccn2)cc1)N1CCC(n2cc(C3CC3)nn2)C1. The van der Waals surface area contributed by atoms with Gasteiger partial charge in [-0.3, -0.25) is 0 Å². The second-order valence-electron chi connectivity index (χ2n) is 7.15. The van der Waals surface area contributed by atoms with E-state index in [0.717, 1.165) is 17.8 Å². The van der Waals surface area contributed by atoms with Gasteiger partial charge in [0.15, 0.2) is 0 Å². The fourth-order valence-electron chi connectivity index (χ4n) is 3.52. The minimum Gasteiger partial charge on any atom is -0.248 e. The van der Waals surface area contributed by atoms with Crippen LogP contribution in [0.4, 0.5) is 0 Å². The molecule has 3 heterocycles. The van der Waals surface area contributed by atoms with E-state index in [9.17, 15) is 8.42 Å². The lowest BCUT2D eigenvalue weighted by molar-refractivity contribution is 0.428. The van der Waals surface area contributed by atoms with E-state index in [1.54, 1.807) is 39.4 Å². The topological polar surface area (TPSA) is 85.9 Å². The molecule has 5 rings (SSSR count). The van der Waals surface area contributed by atoms with Crippen molar-refractivity contribution in [3.8, 4) is 5.69 Å². The largest absolute Gasteiger partial charge is 0.248 e. The maximum absolute atomic E-state index is 13.0. The Morgan fingerprint density at radius 3 is 2.59 bits per heavy atom. The van der Waals surface area contributed by atoms with E-state index in [2.05, 4.69) is 15.4 Å². The highest BCUT2D eigenvalue weighted by molar-refractivity contribution is 7.89. The normalized spacial score (nSPS) is 21.0. The molecule has 3 aromatic rings. The Morgan fingerprint density at radius 2 is 1.89 bits per heavy atom. The van der Waals surface area contributed by atoms with Gasteiger partial charge in [-0.2, -0.15) is 9.40 Å². The van der Waals surface area contributed by atoms with Gasteiger partial charge < -0.3 is 0 Å². The summed E-state index contributed by atoms with van der Waals surface area (Å²) in [5, 5.41) is 12.6. The summed E-state index contributed by atoms with van der Waals surface area (Å²) in [6.45, 7) is 0.920. The van der Waals surface area contributed by atoms with E-state index < -0.39 is 10.0 Å². The highest BCUT2D eigenvalue weighted by Crippen LogP contribution is 2.39. The van der Waals surface area contributed by atoms with Crippen molar-refractivity contribution >= 4 is 10.0 Å². The third-order valence-corrected chi connectivity index (χ3v) is 7.15. The Balaban J connectivity index is 1.32. The Kier molecular flexibility index (Phi) is 3.87. The van der Waals surface area contributed by atoms with Gasteiger partial charge in [-0.1, -0.05) is 5.21 Å². The first-order valence-electron chi connectivity index (χ1n) is 9.13. The second-order valence-corrected chi connectivity index (χ2v) is 9.09. The van der Waals surface area contributed by atoms with E-state index in [1.807, 2.05) is 23.1 Å². The summed E-state index contributed by atoms with van der Waals surface area (Å²) in [5.74, 6) is 0.549. The van der Waals surface area contributed by atoms with Crippen LogP contribution in [0.15, 0.2) is 53.8 Å². The summed E-state index contributed by atoms with van der Waals surface area (Å²) in [6.07, 6.45) is 8.60. The molecule has 0 spiro atoms. The summed E-state index contributed by atoms with van der Waals surface area (Å²) in [7, 11) is -3.52. The number of benzene rings is 1. The Bertz CT molecular complexity index is 1040. The van der Waals surface area contributed by atoms with Crippen LogP contribution in [0.5, 0.6) is 0 Å². The predicted octanol–water partition coefficient (Wildman–Crippen LogP) is 1.98. The minimum absolute atomic E-state index is 0.0446. The molecule has 1 saturated carbocycles. The monoisotopic (exact) mass is 384 g/mol. The summed E-state index contributed by atoms with van der Waals surface area (Å²) >= 11 is 0. The lowest BCUT2D eigenvalue weighted by atomic mass is 10.2. The first-order chi connectivity index (χ1) is 13.1. The molecular weight excluding hydrogens is 364 g/mol. The van der Waals surface area contributed by atoms with Crippen LogP contribution in [0, 0.1) is 0 Å². The van der Waals surface area contributed by atoms with Crippen LogP contribution in [-0.4, -0.2) is 50.6 Å². The standard InChI is InChI=1S/C18H20N6O2S/c25-27(26,17-6-4-15(5-7-17)23-10-1-9-19-23)22-11-8-16(12-22)24-13-18(20-21-24)14-2-3-14/h1,4-7,9-10,13-14,16H,2-3,8,11-12H2. The molecule has 1 unspecified atom stereocenters. The quantitative estimate of drug-likeness (QED) is 0.671. The Morgan fingerprint density at radius 1 is 1.07 bits per heavy atom. The summed E-state index contributed by atoms with van der Waals surface area (Å²) in [6, 6.07) is 8.69. The average molecular weight is 384 g/mol. The van der Waals surface area contributed by atoms with E-state index in [0.29, 0.717) is 23.9 Å². The highest BCUT2D eigenvalue weighted by atomic mass is 32.2. The number of sulfonamides is 1. The van der Waals surface area contributed by atoms with Crippen molar-refractivity contribution in [3.63, 3.8) is 0 Å². The number of nitrogens with zero attached hydrogens (tertiary/aromatic N) is 6. The van der Waals surface area contributed by atoms with Crippen molar-refractivity contribution in [1.29, 1.82) is 0 Å². The zero-order valence-electron chi connectivity index (χ0n) is 14.7. The number of hydrogen-bond acceptors (Lipinski definition) is 5. The van der Waals surface area contributed by atoms with Crippen LogP contribution in [0.1, 0.15) is 36.9 Å². The van der Waals surface area contributed by atoms with E-state index >= 15 is 0 Å². The lowest BCUT2D eigenvalue weighted by Crippen LogP contribution is -2.29. The van der Waals surface area contributed by atoms with Crippen LogP contribution in [0.2, 0.25) is 0 Å². The first-order valence-corrected chi connectivity index (χ1v) is 10.6. The molecule has 0 amide bonds. The zero-order chi connectivity index (χ0) is 18.4. The molecular formula is C18H20N6O2S. The van der Waals surface area contributed by atoms with Crippen LogP contribution in [0.3, 0.4) is 0 Å². The summed E-state index contributed by atoms with van der Waals surface area (Å²) in [5.41, 5.74) is 1.86. The molecule has 0 radical (unpaired) electrons. The van der Waals surface area contributed by atoms with Gasteiger partial charge >= 0.3 is 0 Å². The molecule has 2 fully saturated rings. The molecule has 140 valence electrons. The number of aromatic nitrogens is 5. The van der Waals surface area contributed by atoms with Crippen molar-refractivity contribution in [1.82, 2.24) is 29.1 Å². The minimum atomic E-state index is -3.52. The van der Waals surface area contributed by atoms with Crippen molar-refractivity contribution in [2.45, 2.75) is 36.1 Å². The number of rotatable bonds is 5. The molecule has 0 N–H and O–H groups in total. The summed E-state index contributed by atoms with van der Waals surface area (Å²) in [4.78, 5) is 0.302. The molecule has 2 aliphatic rings. The fraction of sp³-hybridized carbons (Fsp3) is 0.389. The molecule has 1 atom stereocenters. The van der Waals surface area contributed by atoms with Crippen molar-refractivity contribution in [2.24, 2.45) is 0 Å². The van der Waals surface area contributed by atoms with Gasteiger partial charge in [-0.15, -0.1) is 5.10 Å². The van der Waals surface area contributed by atoms with Gasteiger partial charge in [-0.25, -0.2) is 17.8 Å². The molecule has 1 saturated heterocycles. The van der Waals surface area contributed by atoms with Gasteiger partial charge in [0.25, 0.3) is 0 Å². The molecule has 9 heteroatoms. The third kappa shape index (κ3) is 3.06. The molecule has 1 aliphatic heterocycles. The van der Waals surface area contributed by atoms with E-state index in [-0.39, 0.29) is 6.04 Å². The van der Waals surface area contributed by atoms with Gasteiger partial charge in [0.2, 0.25) is 10.0 Å². The van der Waals surface area contributed by atoms with Gasteiger partial charge in [-0.05, 0) is 49.6 Å². The smallest absolute Gasteiger partial charge is 0.243 e. The Hall–Kier alpha value is -2.52. The van der Waals surface area contributed by atoms with Crippen LogP contribution >= 0.6 is 0 Å². The van der Waals surface area contributed by atoms with Crippen molar-refractivity contribution in [3.05, 3.63) is 54.6 Å². The summed E-state index contributed by atoms with van der Waals surface area (Å²) < 4.78 is 31.1. The van der Waals surface area contributed by atoms with Gasteiger partial charge in [0, 0.05) is 37.6 Å². The molecule has 0 bridgehead atoms. The van der Waals surface area contributed by atoms with E-state index in [1.165, 1.54) is 12.8 Å². The van der Waals surface area contributed by atoms with E-state index in [4.69, 9.17) is 0 Å². The highest BCUT2D eigenvalue weighted by Gasteiger charge is 2.35. The fourth-order valence-corrected chi connectivity index (χ4v) is 5.01. The first kappa shape index (κ1) is 16.6. The third-order valence-electron chi connectivity index (χ3n) is 5.27. The second kappa shape index (κ2) is 6.28. The van der Waals surface area contributed by atoms with Crippen LogP contribution in [-0.2, 0) is 10.0 Å². The number of hydrogen-bond donors (Lipinski definition) is 0. The van der Waals surface area contributed by atoms with Gasteiger partial charge in [0.05, 0.1) is 22.3 Å². The molecule has 27 heavy (non-hydrogen) atoms. The van der Waals surface area contributed by atoms with Crippen LogP contribution < -0.4 is 0 Å². The maximum Gasteiger partial charge on any atom is 0.243 e. The van der Waals surface area contributed by atoms with Crippen molar-refractivity contribution in [2.75, 3.05) is 13.1 Å². The molecule has 1 aliphatic carbocycles. The predicted molar refractivity (Wildman–Crippen MR) is 98.0 cm³/mol. The molecule has 1 aromatic carbocycles. The lowest BCUT2D eigenvalue weighted by Gasteiger charge is -2.17. The van der Waals surface area contributed by atoms with Crippen molar-refractivity contribution < 1.29 is 8.42 Å². The van der Waals surface area contributed by atoms with Crippen LogP contribution in [0.25, 0.3) is 5.69 Å².